The molecule has 3 N–H and O–H groups in total. The first-order valence-corrected chi connectivity index (χ1v) is 7.03. The Kier molecular flexibility index (Phi) is 5.90. The lowest BCUT2D eigenvalue weighted by Gasteiger charge is -2.26. The molecule has 0 bridgehead atoms. The predicted octanol–water partition coefficient (Wildman–Crippen LogP) is 2.17. The van der Waals surface area contributed by atoms with Gasteiger partial charge in [0, 0.05) is 24.7 Å². The zero-order chi connectivity index (χ0) is 16.0. The molecule has 0 spiro atoms. The number of carbonyl (C=O) groups excluding carboxylic acids is 2. The summed E-state index contributed by atoms with van der Waals surface area (Å²) in [5.41, 5.74) is 0.909. The average molecular weight is 292 g/mol. The molecule has 0 radical (unpaired) electrons. The zero-order valence-corrected chi connectivity index (χ0v) is 13.1. The number of aliphatic hydroxyl groups is 1. The lowest BCUT2D eigenvalue weighted by atomic mass is 9.87. The Labute approximate surface area is 125 Å². The van der Waals surface area contributed by atoms with Crippen LogP contribution in [0.3, 0.4) is 0 Å². The van der Waals surface area contributed by atoms with E-state index in [-0.39, 0.29) is 17.2 Å². The third-order valence-electron chi connectivity index (χ3n) is 3.02. The van der Waals surface area contributed by atoms with E-state index in [1.807, 2.05) is 13.8 Å². The van der Waals surface area contributed by atoms with Crippen molar-refractivity contribution in [2.45, 2.75) is 40.2 Å². The van der Waals surface area contributed by atoms with Gasteiger partial charge in [-0.2, -0.15) is 0 Å². The Balaban J connectivity index is 2.65. The van der Waals surface area contributed by atoms with E-state index in [9.17, 15) is 14.7 Å². The second-order valence-electron chi connectivity index (χ2n) is 6.16. The molecule has 0 aliphatic rings. The van der Waals surface area contributed by atoms with Crippen molar-refractivity contribution in [1.82, 2.24) is 5.32 Å². The highest BCUT2D eigenvalue weighted by atomic mass is 16.3. The first kappa shape index (κ1) is 17.2. The highest BCUT2D eigenvalue weighted by molar-refractivity contribution is 5.96. The van der Waals surface area contributed by atoms with Crippen molar-refractivity contribution in [1.29, 1.82) is 0 Å². The number of hydrogen-bond donors (Lipinski definition) is 3. The van der Waals surface area contributed by atoms with Crippen LogP contribution >= 0.6 is 0 Å². The lowest BCUT2D eigenvalue weighted by Crippen LogP contribution is -2.35. The number of nitrogens with one attached hydrogen (secondary N) is 2. The van der Waals surface area contributed by atoms with E-state index < -0.39 is 6.10 Å². The molecule has 2 amide bonds. The summed E-state index contributed by atoms with van der Waals surface area (Å²) in [4.78, 5) is 23.1. The summed E-state index contributed by atoms with van der Waals surface area (Å²) in [6, 6.07) is 6.79. The fraction of sp³-hybridized carbons (Fsp3) is 0.500. The SMILES string of the molecule is CC(=O)Nc1cccc(C(=O)NCC(C)(C)CC(C)O)c1. The first-order chi connectivity index (χ1) is 9.69. The van der Waals surface area contributed by atoms with Gasteiger partial charge in [0.05, 0.1) is 6.10 Å². The number of amides is 2. The molecule has 116 valence electrons. The molecule has 1 rings (SSSR count). The normalized spacial score (nSPS) is 12.6. The summed E-state index contributed by atoms with van der Waals surface area (Å²) in [6.07, 6.45) is 0.208. The van der Waals surface area contributed by atoms with Gasteiger partial charge in [0.1, 0.15) is 0 Å². The van der Waals surface area contributed by atoms with Gasteiger partial charge in [0.2, 0.25) is 5.91 Å². The minimum absolute atomic E-state index is 0.175. The summed E-state index contributed by atoms with van der Waals surface area (Å²) in [5.74, 6) is -0.369. The second-order valence-corrected chi connectivity index (χ2v) is 6.16. The maximum absolute atomic E-state index is 12.1. The van der Waals surface area contributed by atoms with Crippen LogP contribution in [0.5, 0.6) is 0 Å². The molecular formula is C16H24N2O3. The Bertz CT molecular complexity index is 510. The number of aliphatic hydroxyl groups excluding tert-OH is 1. The number of hydrogen-bond acceptors (Lipinski definition) is 3. The highest BCUT2D eigenvalue weighted by Gasteiger charge is 2.21. The van der Waals surface area contributed by atoms with Gasteiger partial charge < -0.3 is 15.7 Å². The van der Waals surface area contributed by atoms with E-state index in [1.165, 1.54) is 6.92 Å². The third kappa shape index (κ3) is 6.40. The third-order valence-corrected chi connectivity index (χ3v) is 3.02. The van der Waals surface area contributed by atoms with Crippen molar-refractivity contribution < 1.29 is 14.7 Å². The smallest absolute Gasteiger partial charge is 0.251 e. The van der Waals surface area contributed by atoms with Crippen molar-refractivity contribution in [2.75, 3.05) is 11.9 Å². The maximum Gasteiger partial charge on any atom is 0.251 e. The summed E-state index contributed by atoms with van der Waals surface area (Å²) in [5, 5.41) is 14.9. The molecule has 0 saturated heterocycles. The Morgan fingerprint density at radius 2 is 2.00 bits per heavy atom. The Morgan fingerprint density at radius 1 is 1.33 bits per heavy atom. The van der Waals surface area contributed by atoms with Crippen LogP contribution in [0.25, 0.3) is 0 Å². The first-order valence-electron chi connectivity index (χ1n) is 7.03. The molecule has 1 aromatic rings. The molecule has 0 aliphatic carbocycles. The monoisotopic (exact) mass is 292 g/mol. The van der Waals surface area contributed by atoms with Gasteiger partial charge in [-0.3, -0.25) is 9.59 Å². The topological polar surface area (TPSA) is 78.4 Å². The van der Waals surface area contributed by atoms with E-state index >= 15 is 0 Å². The quantitative estimate of drug-likeness (QED) is 0.752. The summed E-state index contributed by atoms with van der Waals surface area (Å²) in [7, 11) is 0. The Morgan fingerprint density at radius 3 is 2.57 bits per heavy atom. The summed E-state index contributed by atoms with van der Waals surface area (Å²) < 4.78 is 0. The summed E-state index contributed by atoms with van der Waals surface area (Å²) in [6.45, 7) is 7.62. The van der Waals surface area contributed by atoms with Crippen LogP contribution in [-0.2, 0) is 4.79 Å². The van der Waals surface area contributed by atoms with Crippen LogP contribution in [0.1, 0.15) is 44.5 Å². The van der Waals surface area contributed by atoms with Gasteiger partial charge in [0.25, 0.3) is 5.91 Å². The molecule has 0 fully saturated rings. The van der Waals surface area contributed by atoms with Gasteiger partial charge >= 0.3 is 0 Å². The van der Waals surface area contributed by atoms with E-state index in [2.05, 4.69) is 10.6 Å². The molecule has 0 heterocycles. The lowest BCUT2D eigenvalue weighted by molar-refractivity contribution is -0.114. The largest absolute Gasteiger partial charge is 0.393 e. The molecular weight excluding hydrogens is 268 g/mol. The van der Waals surface area contributed by atoms with Crippen LogP contribution in [0.15, 0.2) is 24.3 Å². The van der Waals surface area contributed by atoms with Crippen LogP contribution in [0.2, 0.25) is 0 Å². The van der Waals surface area contributed by atoms with Crippen molar-refractivity contribution in [3.05, 3.63) is 29.8 Å². The number of carbonyl (C=O) groups is 2. The fourth-order valence-electron chi connectivity index (χ4n) is 2.23. The molecule has 1 unspecified atom stereocenters. The fourth-order valence-corrected chi connectivity index (χ4v) is 2.23. The number of benzene rings is 1. The second kappa shape index (κ2) is 7.22. The molecule has 0 aliphatic heterocycles. The van der Waals surface area contributed by atoms with Crippen LogP contribution in [0, 0.1) is 5.41 Å². The molecule has 0 aromatic heterocycles. The van der Waals surface area contributed by atoms with Gasteiger partial charge in [-0.15, -0.1) is 0 Å². The number of rotatable bonds is 6. The van der Waals surface area contributed by atoms with Gasteiger partial charge in [-0.25, -0.2) is 0 Å². The van der Waals surface area contributed by atoms with Crippen molar-refractivity contribution >= 4 is 17.5 Å². The van der Waals surface area contributed by atoms with Gasteiger partial charge in [0.15, 0.2) is 0 Å². The molecule has 21 heavy (non-hydrogen) atoms. The van der Waals surface area contributed by atoms with Gasteiger partial charge in [-0.05, 0) is 37.0 Å². The maximum atomic E-state index is 12.1. The number of anilines is 1. The van der Waals surface area contributed by atoms with Gasteiger partial charge in [-0.1, -0.05) is 19.9 Å². The predicted molar refractivity (Wildman–Crippen MR) is 83.2 cm³/mol. The average Bonchev–Trinajstić information content (AvgIpc) is 2.34. The summed E-state index contributed by atoms with van der Waals surface area (Å²) >= 11 is 0. The molecule has 1 aromatic carbocycles. The van der Waals surface area contributed by atoms with Crippen LogP contribution in [-0.4, -0.2) is 29.6 Å². The zero-order valence-electron chi connectivity index (χ0n) is 13.1. The van der Waals surface area contributed by atoms with E-state index in [0.717, 1.165) is 0 Å². The van der Waals surface area contributed by atoms with Crippen molar-refractivity contribution in [2.24, 2.45) is 5.41 Å². The standard InChI is InChI=1S/C16H24N2O3/c1-11(19)9-16(3,4)10-17-15(21)13-6-5-7-14(8-13)18-12(2)20/h5-8,11,19H,9-10H2,1-4H3,(H,17,21)(H,18,20). The highest BCUT2D eigenvalue weighted by Crippen LogP contribution is 2.21. The minimum Gasteiger partial charge on any atom is -0.393 e. The van der Waals surface area contributed by atoms with Crippen molar-refractivity contribution in [3.8, 4) is 0 Å². The van der Waals surface area contributed by atoms with E-state index in [0.29, 0.717) is 24.2 Å². The van der Waals surface area contributed by atoms with Crippen LogP contribution < -0.4 is 10.6 Å². The van der Waals surface area contributed by atoms with E-state index in [4.69, 9.17) is 0 Å². The molecule has 1 atom stereocenters. The minimum atomic E-state index is -0.403. The Hall–Kier alpha value is -1.88. The van der Waals surface area contributed by atoms with E-state index in [1.54, 1.807) is 31.2 Å². The molecule has 5 nitrogen and oxygen atoms in total. The molecule has 0 saturated carbocycles. The van der Waals surface area contributed by atoms with Crippen LogP contribution in [0.4, 0.5) is 5.69 Å². The van der Waals surface area contributed by atoms with Crippen molar-refractivity contribution in [3.63, 3.8) is 0 Å². The molecule has 5 heteroatoms.